The van der Waals surface area contributed by atoms with Gasteiger partial charge in [-0.2, -0.15) is 0 Å². The molecule has 0 spiro atoms. The summed E-state index contributed by atoms with van der Waals surface area (Å²) in [5, 5.41) is 2.59. The van der Waals surface area contributed by atoms with Gasteiger partial charge >= 0.3 is 6.03 Å². The van der Waals surface area contributed by atoms with Crippen molar-refractivity contribution in [2.24, 2.45) is 0 Å². The standard InChI is InChI=1S/C19H16F2N2O3/c1-11-3-6-13(7-4-11)19(2)17(25)23(18(26)22-19)10-16(24)12-5-8-14(20)15(21)9-12/h3-9H,10H2,1-2H3,(H,22,26)/t19-/m1/s1. The highest BCUT2D eigenvalue weighted by Gasteiger charge is 2.49. The van der Waals surface area contributed by atoms with Crippen molar-refractivity contribution in [2.45, 2.75) is 19.4 Å². The molecule has 0 radical (unpaired) electrons. The smallest absolute Gasteiger partial charge is 0.319 e. The van der Waals surface area contributed by atoms with E-state index >= 15 is 0 Å². The fourth-order valence-electron chi connectivity index (χ4n) is 2.83. The summed E-state index contributed by atoms with van der Waals surface area (Å²) in [5.41, 5.74) is 0.177. The number of hydrogen-bond donors (Lipinski definition) is 1. The molecule has 1 atom stereocenters. The van der Waals surface area contributed by atoms with Crippen molar-refractivity contribution in [1.29, 1.82) is 0 Å². The number of hydrogen-bond acceptors (Lipinski definition) is 3. The lowest BCUT2D eigenvalue weighted by molar-refractivity contribution is -0.130. The van der Waals surface area contributed by atoms with E-state index in [2.05, 4.69) is 5.32 Å². The van der Waals surface area contributed by atoms with E-state index in [0.717, 1.165) is 28.7 Å². The molecule has 2 aromatic rings. The van der Waals surface area contributed by atoms with Crippen LogP contribution in [0.15, 0.2) is 42.5 Å². The summed E-state index contributed by atoms with van der Waals surface area (Å²) >= 11 is 0. The van der Waals surface area contributed by atoms with E-state index in [1.807, 2.05) is 19.1 Å². The maximum Gasteiger partial charge on any atom is 0.325 e. The summed E-state index contributed by atoms with van der Waals surface area (Å²) in [4.78, 5) is 38.1. The van der Waals surface area contributed by atoms with Crippen LogP contribution in [0, 0.1) is 18.6 Å². The number of imide groups is 1. The van der Waals surface area contributed by atoms with E-state index < -0.39 is 41.4 Å². The van der Waals surface area contributed by atoms with Gasteiger partial charge in [0.15, 0.2) is 17.4 Å². The first-order chi connectivity index (χ1) is 12.2. The Morgan fingerprint density at radius 1 is 1.08 bits per heavy atom. The fourth-order valence-corrected chi connectivity index (χ4v) is 2.83. The van der Waals surface area contributed by atoms with Crippen LogP contribution >= 0.6 is 0 Å². The second-order valence-electron chi connectivity index (χ2n) is 6.36. The highest BCUT2D eigenvalue weighted by Crippen LogP contribution is 2.29. The van der Waals surface area contributed by atoms with Gasteiger partial charge in [-0.15, -0.1) is 0 Å². The number of benzene rings is 2. The fraction of sp³-hybridized carbons (Fsp3) is 0.211. The minimum absolute atomic E-state index is 0.117. The van der Waals surface area contributed by atoms with Crippen LogP contribution in [0.3, 0.4) is 0 Å². The van der Waals surface area contributed by atoms with E-state index in [-0.39, 0.29) is 5.56 Å². The third kappa shape index (κ3) is 2.96. The molecule has 0 bridgehead atoms. The Balaban J connectivity index is 1.84. The van der Waals surface area contributed by atoms with Crippen LogP contribution in [-0.4, -0.2) is 29.2 Å². The molecule has 26 heavy (non-hydrogen) atoms. The molecule has 1 heterocycles. The molecule has 0 aromatic heterocycles. The van der Waals surface area contributed by atoms with Gasteiger partial charge < -0.3 is 5.32 Å². The third-order valence-corrected chi connectivity index (χ3v) is 4.45. The highest BCUT2D eigenvalue weighted by molar-refractivity contribution is 6.11. The zero-order valence-electron chi connectivity index (χ0n) is 14.2. The quantitative estimate of drug-likeness (QED) is 0.675. The molecule has 0 aliphatic carbocycles. The maximum atomic E-state index is 13.3. The Bertz CT molecular complexity index is 912. The normalized spacial score (nSPS) is 19.6. The van der Waals surface area contributed by atoms with Crippen LogP contribution in [0.1, 0.15) is 28.4 Å². The number of Topliss-reactive ketones (excluding diaryl/α,β-unsaturated/α-hetero) is 1. The van der Waals surface area contributed by atoms with Crippen molar-refractivity contribution in [3.63, 3.8) is 0 Å². The second kappa shape index (κ2) is 6.33. The summed E-state index contributed by atoms with van der Waals surface area (Å²) in [5.74, 6) is -3.50. The van der Waals surface area contributed by atoms with Crippen molar-refractivity contribution in [1.82, 2.24) is 10.2 Å². The number of amides is 3. The van der Waals surface area contributed by atoms with Gasteiger partial charge in [0.1, 0.15) is 5.54 Å². The first-order valence-electron chi connectivity index (χ1n) is 7.92. The molecule has 7 heteroatoms. The molecule has 1 aliphatic rings. The van der Waals surface area contributed by atoms with Gasteiger partial charge in [0.05, 0.1) is 6.54 Å². The number of ketones is 1. The van der Waals surface area contributed by atoms with E-state index in [1.165, 1.54) is 0 Å². The Labute approximate surface area is 148 Å². The third-order valence-electron chi connectivity index (χ3n) is 4.45. The van der Waals surface area contributed by atoms with Crippen LogP contribution < -0.4 is 5.32 Å². The number of nitrogens with zero attached hydrogens (tertiary/aromatic N) is 1. The van der Waals surface area contributed by atoms with Crippen molar-refractivity contribution in [3.05, 3.63) is 70.8 Å². The number of urea groups is 1. The van der Waals surface area contributed by atoms with Crippen molar-refractivity contribution >= 4 is 17.7 Å². The molecule has 5 nitrogen and oxygen atoms in total. The van der Waals surface area contributed by atoms with E-state index in [4.69, 9.17) is 0 Å². The highest BCUT2D eigenvalue weighted by atomic mass is 19.2. The van der Waals surface area contributed by atoms with Gasteiger partial charge in [-0.25, -0.2) is 13.6 Å². The summed E-state index contributed by atoms with van der Waals surface area (Å²) < 4.78 is 26.3. The van der Waals surface area contributed by atoms with Crippen LogP contribution in [0.25, 0.3) is 0 Å². The van der Waals surface area contributed by atoms with Gasteiger partial charge in [-0.3, -0.25) is 14.5 Å². The Hall–Kier alpha value is -3.09. The number of nitrogens with one attached hydrogen (secondary N) is 1. The van der Waals surface area contributed by atoms with E-state index in [1.54, 1.807) is 19.1 Å². The lowest BCUT2D eigenvalue weighted by Crippen LogP contribution is -2.41. The molecular weight excluding hydrogens is 342 g/mol. The predicted octanol–water partition coefficient (Wildman–Crippen LogP) is 2.92. The van der Waals surface area contributed by atoms with Crippen LogP contribution in [0.5, 0.6) is 0 Å². The number of carbonyl (C=O) groups excluding carboxylic acids is 3. The molecule has 3 amide bonds. The topological polar surface area (TPSA) is 66.5 Å². The van der Waals surface area contributed by atoms with Crippen LogP contribution in [-0.2, 0) is 10.3 Å². The first kappa shape index (κ1) is 17.7. The molecule has 1 N–H and O–H groups in total. The minimum atomic E-state index is -1.29. The van der Waals surface area contributed by atoms with Crippen molar-refractivity contribution < 1.29 is 23.2 Å². The molecule has 1 saturated heterocycles. The van der Waals surface area contributed by atoms with Crippen LogP contribution in [0.2, 0.25) is 0 Å². The number of aryl methyl sites for hydroxylation is 1. The zero-order chi connectivity index (χ0) is 19.1. The Morgan fingerprint density at radius 3 is 2.35 bits per heavy atom. The molecular formula is C19H16F2N2O3. The van der Waals surface area contributed by atoms with Gasteiger partial charge in [-0.1, -0.05) is 29.8 Å². The molecule has 3 rings (SSSR count). The maximum absolute atomic E-state index is 13.3. The van der Waals surface area contributed by atoms with Gasteiger partial charge in [0.2, 0.25) is 0 Å². The molecule has 134 valence electrons. The predicted molar refractivity (Wildman–Crippen MR) is 89.5 cm³/mol. The molecule has 0 saturated carbocycles. The SMILES string of the molecule is Cc1ccc([C@@]2(C)NC(=O)N(CC(=O)c3ccc(F)c(F)c3)C2=O)cc1. The second-order valence-corrected chi connectivity index (χ2v) is 6.36. The largest absolute Gasteiger partial charge is 0.325 e. The van der Waals surface area contributed by atoms with Gasteiger partial charge in [0, 0.05) is 5.56 Å². The molecule has 1 aliphatic heterocycles. The summed E-state index contributed by atoms with van der Waals surface area (Å²) in [6.45, 7) is 2.89. The van der Waals surface area contributed by atoms with E-state index in [9.17, 15) is 23.2 Å². The van der Waals surface area contributed by atoms with Crippen molar-refractivity contribution in [2.75, 3.05) is 6.54 Å². The monoisotopic (exact) mass is 358 g/mol. The number of halogens is 2. The Morgan fingerprint density at radius 2 is 1.73 bits per heavy atom. The van der Waals surface area contributed by atoms with E-state index in [0.29, 0.717) is 5.56 Å². The van der Waals surface area contributed by atoms with Gasteiger partial charge in [0.25, 0.3) is 5.91 Å². The first-order valence-corrected chi connectivity index (χ1v) is 7.92. The summed E-state index contributed by atoms with van der Waals surface area (Å²) in [6.07, 6.45) is 0. The average molecular weight is 358 g/mol. The zero-order valence-corrected chi connectivity index (χ0v) is 14.2. The lowest BCUT2D eigenvalue weighted by atomic mass is 9.91. The Kier molecular flexibility index (Phi) is 4.31. The molecule has 0 unspecified atom stereocenters. The molecule has 1 fully saturated rings. The van der Waals surface area contributed by atoms with Crippen LogP contribution in [0.4, 0.5) is 13.6 Å². The average Bonchev–Trinajstić information content (AvgIpc) is 2.82. The number of carbonyl (C=O) groups is 3. The van der Waals surface area contributed by atoms with Gasteiger partial charge in [-0.05, 0) is 37.6 Å². The number of rotatable bonds is 4. The summed E-state index contributed by atoms with van der Waals surface area (Å²) in [7, 11) is 0. The summed E-state index contributed by atoms with van der Waals surface area (Å²) in [6, 6.07) is 9.06. The van der Waals surface area contributed by atoms with Crippen molar-refractivity contribution in [3.8, 4) is 0 Å². The molecule has 2 aromatic carbocycles. The lowest BCUT2D eigenvalue weighted by Gasteiger charge is -2.22. The minimum Gasteiger partial charge on any atom is -0.319 e.